The topological polar surface area (TPSA) is 68.2 Å². The van der Waals surface area contributed by atoms with Crippen LogP contribution in [0.25, 0.3) is 10.9 Å². The lowest BCUT2D eigenvalue weighted by atomic mass is 10.2. The number of hydrogen-bond donors (Lipinski definition) is 2. The lowest BCUT2D eigenvalue weighted by Gasteiger charge is -2.16. The van der Waals surface area contributed by atoms with Gasteiger partial charge in [0.05, 0.1) is 5.52 Å². The van der Waals surface area contributed by atoms with Crippen molar-refractivity contribution in [3.05, 3.63) is 35.8 Å². The summed E-state index contributed by atoms with van der Waals surface area (Å²) in [6, 6.07) is 5.08. The molecule has 1 atom stereocenters. The fraction of sp³-hybridized carbons (Fsp3) is 0.308. The number of halogens is 1. The van der Waals surface area contributed by atoms with Crippen molar-refractivity contribution in [3.63, 3.8) is 0 Å². The van der Waals surface area contributed by atoms with Gasteiger partial charge in [-0.15, -0.1) is 0 Å². The maximum atomic E-state index is 13.7. The Morgan fingerprint density at radius 1 is 1.44 bits per heavy atom. The molecule has 0 spiro atoms. The molecular weight excluding hydrogens is 235 g/mol. The Labute approximate surface area is 104 Å². The van der Waals surface area contributed by atoms with E-state index in [2.05, 4.69) is 0 Å². The number of carboxylic acids is 1. The molecule has 1 aromatic carbocycles. The van der Waals surface area contributed by atoms with Crippen molar-refractivity contribution in [1.82, 2.24) is 4.57 Å². The lowest BCUT2D eigenvalue weighted by Crippen LogP contribution is -2.24. The van der Waals surface area contributed by atoms with Crippen LogP contribution in [0, 0.1) is 5.82 Å². The van der Waals surface area contributed by atoms with E-state index in [1.54, 1.807) is 16.7 Å². The zero-order valence-electron chi connectivity index (χ0n) is 10.2. The van der Waals surface area contributed by atoms with Gasteiger partial charge < -0.3 is 15.4 Å². The molecule has 5 heteroatoms. The molecule has 2 aromatic rings. The van der Waals surface area contributed by atoms with Gasteiger partial charge in [-0.05, 0) is 32.0 Å². The summed E-state index contributed by atoms with van der Waals surface area (Å²) in [4.78, 5) is 11.0. The monoisotopic (exact) mass is 250 g/mol. The summed E-state index contributed by atoms with van der Waals surface area (Å²) in [5.41, 5.74) is 6.73. The molecule has 0 amide bonds. The second kappa shape index (κ2) is 4.42. The zero-order chi connectivity index (χ0) is 13.4. The van der Waals surface area contributed by atoms with Crippen LogP contribution in [0.5, 0.6) is 0 Å². The average molecular weight is 250 g/mol. The molecule has 2 rings (SSSR count). The molecule has 0 aliphatic heterocycles. The van der Waals surface area contributed by atoms with Gasteiger partial charge in [0, 0.05) is 17.1 Å². The SMILES string of the molecule is CC(C)n1c(C(N)C(=O)O)cc2c(F)cccc21. The lowest BCUT2D eigenvalue weighted by molar-refractivity contribution is -0.138. The van der Waals surface area contributed by atoms with Gasteiger partial charge in [0.1, 0.15) is 11.9 Å². The highest BCUT2D eigenvalue weighted by molar-refractivity contribution is 5.85. The number of benzene rings is 1. The van der Waals surface area contributed by atoms with Crippen LogP contribution in [0.2, 0.25) is 0 Å². The van der Waals surface area contributed by atoms with Crippen molar-refractivity contribution >= 4 is 16.9 Å². The number of hydrogen-bond acceptors (Lipinski definition) is 2. The minimum Gasteiger partial charge on any atom is -0.480 e. The highest BCUT2D eigenvalue weighted by atomic mass is 19.1. The van der Waals surface area contributed by atoms with Crippen molar-refractivity contribution < 1.29 is 14.3 Å². The minimum absolute atomic E-state index is 0.00435. The second-order valence-corrected chi connectivity index (χ2v) is 4.52. The predicted molar refractivity (Wildman–Crippen MR) is 66.8 cm³/mol. The van der Waals surface area contributed by atoms with Gasteiger partial charge in [0.2, 0.25) is 0 Å². The summed E-state index contributed by atoms with van der Waals surface area (Å²) in [6.07, 6.45) is 0. The van der Waals surface area contributed by atoms with Crippen LogP contribution in [0.1, 0.15) is 31.6 Å². The summed E-state index contributed by atoms with van der Waals surface area (Å²) >= 11 is 0. The van der Waals surface area contributed by atoms with Gasteiger partial charge in [0.15, 0.2) is 0 Å². The van der Waals surface area contributed by atoms with E-state index in [-0.39, 0.29) is 11.9 Å². The van der Waals surface area contributed by atoms with Crippen LogP contribution in [0.3, 0.4) is 0 Å². The van der Waals surface area contributed by atoms with Crippen molar-refractivity contribution in [2.24, 2.45) is 5.73 Å². The van der Waals surface area contributed by atoms with E-state index in [1.807, 2.05) is 13.8 Å². The number of aliphatic carboxylic acids is 1. The Kier molecular flexibility index (Phi) is 3.09. The molecule has 3 N–H and O–H groups in total. The third kappa shape index (κ3) is 1.86. The third-order valence-electron chi connectivity index (χ3n) is 2.96. The average Bonchev–Trinajstić information content (AvgIpc) is 2.68. The number of nitrogens with zero attached hydrogens (tertiary/aromatic N) is 1. The number of fused-ring (bicyclic) bond motifs is 1. The molecule has 18 heavy (non-hydrogen) atoms. The molecule has 0 bridgehead atoms. The number of carboxylic acid groups (broad SMARTS) is 1. The summed E-state index contributed by atoms with van der Waals surface area (Å²) in [5, 5.41) is 9.40. The quantitative estimate of drug-likeness (QED) is 0.879. The summed E-state index contributed by atoms with van der Waals surface area (Å²) in [5.74, 6) is -1.49. The molecule has 1 unspecified atom stereocenters. The molecule has 1 aromatic heterocycles. The van der Waals surface area contributed by atoms with Gasteiger partial charge in [-0.3, -0.25) is 4.79 Å². The fourth-order valence-corrected chi connectivity index (χ4v) is 2.18. The van der Waals surface area contributed by atoms with Gasteiger partial charge in [0.25, 0.3) is 0 Å². The summed E-state index contributed by atoms with van der Waals surface area (Å²) in [6.45, 7) is 3.81. The zero-order valence-corrected chi connectivity index (χ0v) is 10.2. The first-order valence-corrected chi connectivity index (χ1v) is 5.71. The maximum Gasteiger partial charge on any atom is 0.326 e. The van der Waals surface area contributed by atoms with Crippen LogP contribution < -0.4 is 5.73 Å². The van der Waals surface area contributed by atoms with Crippen LogP contribution in [-0.4, -0.2) is 15.6 Å². The van der Waals surface area contributed by atoms with Crippen LogP contribution in [0.4, 0.5) is 4.39 Å². The molecule has 96 valence electrons. The van der Waals surface area contributed by atoms with Gasteiger partial charge in [-0.25, -0.2) is 4.39 Å². The highest BCUT2D eigenvalue weighted by Crippen LogP contribution is 2.29. The first-order chi connectivity index (χ1) is 8.43. The normalized spacial score (nSPS) is 13.2. The maximum absolute atomic E-state index is 13.7. The molecule has 0 saturated heterocycles. The first kappa shape index (κ1) is 12.6. The summed E-state index contributed by atoms with van der Waals surface area (Å²) in [7, 11) is 0. The Morgan fingerprint density at radius 3 is 2.67 bits per heavy atom. The van der Waals surface area contributed by atoms with Gasteiger partial charge in [-0.1, -0.05) is 6.07 Å². The van der Waals surface area contributed by atoms with Crippen LogP contribution in [-0.2, 0) is 4.79 Å². The third-order valence-corrected chi connectivity index (χ3v) is 2.96. The van der Waals surface area contributed by atoms with E-state index in [9.17, 15) is 9.18 Å². The number of aromatic nitrogens is 1. The molecular formula is C13H15FN2O2. The standard InChI is InChI=1S/C13H15FN2O2/c1-7(2)16-10-5-3-4-9(14)8(10)6-11(16)12(15)13(17)18/h3-7,12H,15H2,1-2H3,(H,17,18). The minimum atomic E-state index is -1.15. The van der Waals surface area contributed by atoms with E-state index >= 15 is 0 Å². The Morgan fingerprint density at radius 2 is 2.11 bits per heavy atom. The van der Waals surface area contributed by atoms with Gasteiger partial charge >= 0.3 is 5.97 Å². The Balaban J connectivity index is 2.77. The van der Waals surface area contributed by atoms with Crippen molar-refractivity contribution in [3.8, 4) is 0 Å². The van der Waals surface area contributed by atoms with Crippen LogP contribution in [0.15, 0.2) is 24.3 Å². The predicted octanol–water partition coefficient (Wildman–Crippen LogP) is 2.45. The molecule has 1 heterocycles. The van der Waals surface area contributed by atoms with Crippen molar-refractivity contribution in [2.75, 3.05) is 0 Å². The summed E-state index contributed by atoms with van der Waals surface area (Å²) < 4.78 is 15.5. The van der Waals surface area contributed by atoms with Crippen molar-refractivity contribution in [1.29, 1.82) is 0 Å². The van der Waals surface area contributed by atoms with E-state index in [4.69, 9.17) is 10.8 Å². The smallest absolute Gasteiger partial charge is 0.326 e. The van der Waals surface area contributed by atoms with E-state index in [0.717, 1.165) is 0 Å². The Hall–Kier alpha value is -1.88. The Bertz CT molecular complexity index is 604. The molecule has 0 saturated carbocycles. The molecule has 4 nitrogen and oxygen atoms in total. The van der Waals surface area contributed by atoms with E-state index < -0.39 is 12.0 Å². The first-order valence-electron chi connectivity index (χ1n) is 5.71. The molecule has 0 radical (unpaired) electrons. The van der Waals surface area contributed by atoms with E-state index in [0.29, 0.717) is 16.6 Å². The fourth-order valence-electron chi connectivity index (χ4n) is 2.18. The van der Waals surface area contributed by atoms with E-state index in [1.165, 1.54) is 12.1 Å². The number of carbonyl (C=O) groups is 1. The molecule has 0 aliphatic rings. The largest absolute Gasteiger partial charge is 0.480 e. The highest BCUT2D eigenvalue weighted by Gasteiger charge is 2.22. The van der Waals surface area contributed by atoms with Crippen LogP contribution >= 0.6 is 0 Å². The number of nitrogens with two attached hydrogens (primary N) is 1. The number of rotatable bonds is 3. The second-order valence-electron chi connectivity index (χ2n) is 4.52. The molecule has 0 aliphatic carbocycles. The van der Waals surface area contributed by atoms with Crippen molar-refractivity contribution in [2.45, 2.75) is 25.9 Å². The molecule has 0 fully saturated rings. The van der Waals surface area contributed by atoms with Gasteiger partial charge in [-0.2, -0.15) is 0 Å².